The van der Waals surface area contributed by atoms with Gasteiger partial charge in [-0.2, -0.15) is 0 Å². The lowest BCUT2D eigenvalue weighted by Gasteiger charge is -2.04. The normalized spacial score (nSPS) is 10.0. The third kappa shape index (κ3) is 2.44. The van der Waals surface area contributed by atoms with E-state index in [1.165, 1.54) is 12.1 Å². The van der Waals surface area contributed by atoms with Gasteiger partial charge in [-0.3, -0.25) is 0 Å². The molecule has 0 atom stereocenters. The number of para-hydroxylation sites is 1. The number of aromatic nitrogens is 1. The van der Waals surface area contributed by atoms with Crippen molar-refractivity contribution in [2.45, 2.75) is 0 Å². The first-order chi connectivity index (χ1) is 7.25. The van der Waals surface area contributed by atoms with E-state index in [1.807, 2.05) is 0 Å². The van der Waals surface area contributed by atoms with Gasteiger partial charge in [-0.1, -0.05) is 29.8 Å². The minimum absolute atomic E-state index is 0.132. The fourth-order valence-electron chi connectivity index (χ4n) is 1.09. The highest BCUT2D eigenvalue weighted by molar-refractivity contribution is 6.29. The molecule has 1 aromatic heterocycles. The Balaban J connectivity index is 2.26. The molecular weight excluding hydrogens is 217 g/mol. The Hall–Kier alpha value is -1.61. The van der Waals surface area contributed by atoms with E-state index in [4.69, 9.17) is 16.3 Å². The summed E-state index contributed by atoms with van der Waals surface area (Å²) in [6.07, 6.45) is 0. The molecular formula is C11H7ClFNO. The number of benzene rings is 1. The quantitative estimate of drug-likeness (QED) is 0.725. The first kappa shape index (κ1) is 9.93. The zero-order valence-electron chi connectivity index (χ0n) is 7.65. The van der Waals surface area contributed by atoms with Crippen LogP contribution in [0, 0.1) is 5.82 Å². The largest absolute Gasteiger partial charge is 0.436 e. The third-order valence-corrected chi connectivity index (χ3v) is 1.95. The Morgan fingerprint density at radius 2 is 1.87 bits per heavy atom. The van der Waals surface area contributed by atoms with Gasteiger partial charge in [0.05, 0.1) is 0 Å². The Labute approximate surface area is 91.3 Å². The van der Waals surface area contributed by atoms with E-state index >= 15 is 0 Å². The van der Waals surface area contributed by atoms with Gasteiger partial charge in [0, 0.05) is 6.07 Å². The number of nitrogens with zero attached hydrogens (tertiary/aromatic N) is 1. The highest BCUT2D eigenvalue weighted by Crippen LogP contribution is 2.23. The summed E-state index contributed by atoms with van der Waals surface area (Å²) in [5.41, 5.74) is 0. The van der Waals surface area contributed by atoms with Crippen LogP contribution in [-0.2, 0) is 0 Å². The molecule has 0 saturated heterocycles. The molecule has 0 N–H and O–H groups in total. The molecule has 4 heteroatoms. The average Bonchev–Trinajstić information content (AvgIpc) is 2.22. The topological polar surface area (TPSA) is 22.1 Å². The number of hydrogen-bond donors (Lipinski definition) is 0. The lowest BCUT2D eigenvalue weighted by atomic mass is 10.3. The van der Waals surface area contributed by atoms with Crippen molar-refractivity contribution in [3.8, 4) is 11.6 Å². The van der Waals surface area contributed by atoms with Crippen LogP contribution in [0.2, 0.25) is 5.15 Å². The molecule has 0 aliphatic heterocycles. The van der Waals surface area contributed by atoms with E-state index in [9.17, 15) is 4.39 Å². The van der Waals surface area contributed by atoms with Crippen molar-refractivity contribution >= 4 is 11.6 Å². The number of ether oxygens (including phenoxy) is 1. The maximum absolute atomic E-state index is 13.2. The number of hydrogen-bond acceptors (Lipinski definition) is 2. The summed E-state index contributed by atoms with van der Waals surface area (Å²) in [6, 6.07) is 11.0. The van der Waals surface area contributed by atoms with E-state index in [0.717, 1.165) is 0 Å². The van der Waals surface area contributed by atoms with Gasteiger partial charge in [0.2, 0.25) is 5.88 Å². The second-order valence-corrected chi connectivity index (χ2v) is 3.22. The molecule has 2 aromatic rings. The average molecular weight is 224 g/mol. The molecule has 0 unspecified atom stereocenters. The maximum Gasteiger partial charge on any atom is 0.220 e. The van der Waals surface area contributed by atoms with E-state index in [1.54, 1.807) is 30.3 Å². The molecule has 2 nitrogen and oxygen atoms in total. The van der Waals surface area contributed by atoms with Gasteiger partial charge >= 0.3 is 0 Å². The fraction of sp³-hybridized carbons (Fsp3) is 0. The smallest absolute Gasteiger partial charge is 0.220 e. The summed E-state index contributed by atoms with van der Waals surface area (Å²) in [5, 5.41) is 0.309. The van der Waals surface area contributed by atoms with Gasteiger partial charge in [0.15, 0.2) is 11.6 Å². The molecule has 0 aliphatic carbocycles. The Kier molecular flexibility index (Phi) is 2.83. The Morgan fingerprint density at radius 3 is 2.60 bits per heavy atom. The molecule has 1 aromatic carbocycles. The van der Waals surface area contributed by atoms with Gasteiger partial charge < -0.3 is 4.74 Å². The van der Waals surface area contributed by atoms with Gasteiger partial charge in [-0.15, -0.1) is 0 Å². The molecule has 1 heterocycles. The summed E-state index contributed by atoms with van der Waals surface area (Å²) < 4.78 is 18.4. The van der Waals surface area contributed by atoms with Gasteiger partial charge in [-0.25, -0.2) is 9.37 Å². The van der Waals surface area contributed by atoms with Crippen molar-refractivity contribution in [3.05, 3.63) is 53.4 Å². The van der Waals surface area contributed by atoms with E-state index in [0.29, 0.717) is 5.15 Å². The number of pyridine rings is 1. The minimum Gasteiger partial charge on any atom is -0.436 e. The first-order valence-corrected chi connectivity index (χ1v) is 4.68. The molecule has 76 valence electrons. The number of rotatable bonds is 2. The highest BCUT2D eigenvalue weighted by atomic mass is 35.5. The summed E-state index contributed by atoms with van der Waals surface area (Å²) in [4.78, 5) is 3.89. The van der Waals surface area contributed by atoms with Gasteiger partial charge in [0.25, 0.3) is 0 Å². The Bertz CT molecular complexity index is 476. The molecule has 2 rings (SSSR count). The van der Waals surface area contributed by atoms with E-state index in [2.05, 4.69) is 4.98 Å². The van der Waals surface area contributed by atoms with Crippen LogP contribution in [0.1, 0.15) is 0 Å². The molecule has 0 bridgehead atoms. The lowest BCUT2D eigenvalue weighted by molar-refractivity contribution is 0.427. The maximum atomic E-state index is 13.2. The summed E-state index contributed by atoms with van der Waals surface area (Å²) in [7, 11) is 0. The zero-order chi connectivity index (χ0) is 10.7. The lowest BCUT2D eigenvalue weighted by Crippen LogP contribution is -1.90. The van der Waals surface area contributed by atoms with Crippen LogP contribution < -0.4 is 4.74 Å². The molecule has 0 spiro atoms. The van der Waals surface area contributed by atoms with Crippen molar-refractivity contribution in [2.75, 3.05) is 0 Å². The molecule has 0 fully saturated rings. The predicted molar refractivity (Wildman–Crippen MR) is 55.7 cm³/mol. The SMILES string of the molecule is Fc1ccccc1Oc1cccc(Cl)n1. The standard InChI is InChI=1S/C11H7ClFNO/c12-10-6-3-7-11(14-10)15-9-5-2-1-4-8(9)13/h1-7H. The second-order valence-electron chi connectivity index (χ2n) is 2.83. The van der Waals surface area contributed by atoms with E-state index < -0.39 is 5.82 Å². The van der Waals surface area contributed by atoms with Crippen molar-refractivity contribution in [1.29, 1.82) is 0 Å². The van der Waals surface area contributed by atoms with Crippen LogP contribution >= 0.6 is 11.6 Å². The molecule has 0 aliphatic rings. The number of halogens is 2. The monoisotopic (exact) mass is 223 g/mol. The van der Waals surface area contributed by atoms with Crippen LogP contribution in [0.5, 0.6) is 11.6 Å². The Morgan fingerprint density at radius 1 is 1.07 bits per heavy atom. The van der Waals surface area contributed by atoms with Gasteiger partial charge in [-0.05, 0) is 18.2 Å². The molecule has 0 amide bonds. The summed E-state index contributed by atoms with van der Waals surface area (Å²) >= 11 is 5.67. The third-order valence-electron chi connectivity index (χ3n) is 1.74. The van der Waals surface area contributed by atoms with Crippen molar-refractivity contribution in [1.82, 2.24) is 4.98 Å². The van der Waals surface area contributed by atoms with Gasteiger partial charge in [0.1, 0.15) is 5.15 Å². The highest BCUT2D eigenvalue weighted by Gasteiger charge is 2.03. The second kappa shape index (κ2) is 4.28. The van der Waals surface area contributed by atoms with Crippen molar-refractivity contribution < 1.29 is 9.13 Å². The first-order valence-electron chi connectivity index (χ1n) is 4.30. The van der Waals surface area contributed by atoms with Crippen LogP contribution in [0.25, 0.3) is 0 Å². The molecule has 15 heavy (non-hydrogen) atoms. The zero-order valence-corrected chi connectivity index (χ0v) is 8.41. The molecule has 0 saturated carbocycles. The summed E-state index contributed by atoms with van der Waals surface area (Å²) in [5.74, 6) is -0.0286. The van der Waals surface area contributed by atoms with E-state index in [-0.39, 0.29) is 11.6 Å². The van der Waals surface area contributed by atoms with Crippen LogP contribution in [-0.4, -0.2) is 4.98 Å². The van der Waals surface area contributed by atoms with Crippen LogP contribution in [0.4, 0.5) is 4.39 Å². The van der Waals surface area contributed by atoms with Crippen LogP contribution in [0.15, 0.2) is 42.5 Å². The van der Waals surface area contributed by atoms with Crippen molar-refractivity contribution in [2.24, 2.45) is 0 Å². The summed E-state index contributed by atoms with van der Waals surface area (Å²) in [6.45, 7) is 0. The van der Waals surface area contributed by atoms with Crippen LogP contribution in [0.3, 0.4) is 0 Å². The fourth-order valence-corrected chi connectivity index (χ4v) is 1.24. The van der Waals surface area contributed by atoms with Crippen molar-refractivity contribution in [3.63, 3.8) is 0 Å². The predicted octanol–water partition coefficient (Wildman–Crippen LogP) is 3.67. The molecule has 0 radical (unpaired) electrons. The minimum atomic E-state index is -0.431.